The molecule has 0 saturated heterocycles. The van der Waals surface area contributed by atoms with Crippen molar-refractivity contribution in [2.75, 3.05) is 19.4 Å². The smallest absolute Gasteiger partial charge is 0.263 e. The van der Waals surface area contributed by atoms with E-state index in [0.717, 1.165) is 36.1 Å². The molecule has 2 heterocycles. The van der Waals surface area contributed by atoms with Crippen LogP contribution >= 0.6 is 34.5 Å². The Balaban J connectivity index is 1.79. The Morgan fingerprint density at radius 3 is 2.58 bits per heavy atom. The number of amides is 1. The summed E-state index contributed by atoms with van der Waals surface area (Å²) in [6.45, 7) is 2.17. The number of nitrogens with one attached hydrogen (secondary N) is 1. The average molecular weight is 479 g/mol. The number of nitrogens with zero attached hydrogens (tertiary/aromatic N) is 3. The second-order valence-corrected chi connectivity index (χ2v) is 10.1. The average Bonchev–Trinajstić information content (AvgIpc) is 3.04. The summed E-state index contributed by atoms with van der Waals surface area (Å²) in [7, 11) is 3.83. The Bertz CT molecular complexity index is 1200. The number of fused-ring (bicyclic) bond motifs is 3. The molecule has 0 radical (unpaired) electrons. The van der Waals surface area contributed by atoms with Crippen molar-refractivity contribution in [3.05, 3.63) is 54.9 Å². The van der Waals surface area contributed by atoms with Gasteiger partial charge in [0.05, 0.1) is 11.9 Å². The van der Waals surface area contributed by atoms with Crippen LogP contribution in [0.25, 0.3) is 10.2 Å². The fourth-order valence-corrected chi connectivity index (χ4v) is 5.84. The minimum atomic E-state index is -0.753. The van der Waals surface area contributed by atoms with Crippen molar-refractivity contribution in [2.45, 2.75) is 45.2 Å². The highest BCUT2D eigenvalue weighted by Gasteiger charge is 2.26. The third-order valence-electron chi connectivity index (χ3n) is 5.45. The quantitative estimate of drug-likeness (QED) is 0.565. The molecule has 1 N–H and O–H groups in total. The van der Waals surface area contributed by atoms with Crippen LogP contribution in [0.1, 0.15) is 42.1 Å². The molecule has 0 saturated carbocycles. The molecule has 1 unspecified atom stereocenters. The van der Waals surface area contributed by atoms with E-state index in [1.165, 1.54) is 9.44 Å². The molecule has 31 heavy (non-hydrogen) atoms. The van der Waals surface area contributed by atoms with E-state index in [1.54, 1.807) is 36.5 Å². The third-order valence-corrected chi connectivity index (χ3v) is 7.07. The number of rotatable bonds is 5. The number of carbonyl (C=O) groups is 1. The number of benzene rings is 1. The van der Waals surface area contributed by atoms with Gasteiger partial charge in [-0.3, -0.25) is 14.2 Å². The molecule has 2 aromatic heterocycles. The van der Waals surface area contributed by atoms with Gasteiger partial charge in [-0.1, -0.05) is 23.2 Å². The fourth-order valence-electron chi connectivity index (χ4n) is 4.04. The van der Waals surface area contributed by atoms with Crippen LogP contribution in [0.3, 0.4) is 0 Å². The zero-order valence-corrected chi connectivity index (χ0v) is 20.0. The normalized spacial score (nSPS) is 14.6. The third kappa shape index (κ3) is 4.51. The summed E-state index contributed by atoms with van der Waals surface area (Å²) in [5.41, 5.74) is 1.45. The molecular weight excluding hydrogens is 455 g/mol. The number of carbonyl (C=O) groups excluding carboxylic acids is 1. The fraction of sp³-hybridized carbons (Fsp3) is 0.409. The minimum Gasteiger partial charge on any atom is -0.324 e. The van der Waals surface area contributed by atoms with Gasteiger partial charge >= 0.3 is 0 Å². The van der Waals surface area contributed by atoms with Gasteiger partial charge in [-0.25, -0.2) is 4.98 Å². The number of hydrogen-bond acceptors (Lipinski definition) is 5. The van der Waals surface area contributed by atoms with Gasteiger partial charge in [0.25, 0.3) is 5.56 Å². The Morgan fingerprint density at radius 1 is 1.23 bits per heavy atom. The summed E-state index contributed by atoms with van der Waals surface area (Å²) in [4.78, 5) is 35.6. The highest BCUT2D eigenvalue weighted by Crippen LogP contribution is 2.34. The molecule has 1 aliphatic carbocycles. The molecule has 0 aliphatic heterocycles. The van der Waals surface area contributed by atoms with Crippen molar-refractivity contribution in [2.24, 2.45) is 0 Å². The van der Waals surface area contributed by atoms with E-state index in [4.69, 9.17) is 28.2 Å². The van der Waals surface area contributed by atoms with Crippen LogP contribution in [-0.2, 0) is 24.2 Å². The van der Waals surface area contributed by atoms with Crippen molar-refractivity contribution >= 4 is 56.3 Å². The first-order valence-electron chi connectivity index (χ1n) is 10.2. The van der Waals surface area contributed by atoms with E-state index in [1.807, 2.05) is 19.0 Å². The van der Waals surface area contributed by atoms with Gasteiger partial charge in [0.15, 0.2) is 0 Å². The molecule has 4 rings (SSSR count). The first-order chi connectivity index (χ1) is 14.7. The predicted molar refractivity (Wildman–Crippen MR) is 128 cm³/mol. The highest BCUT2D eigenvalue weighted by atomic mass is 35.5. The number of aryl methyl sites for hydroxylation is 2. The standard InChI is InChI=1S/C22H24Cl2N4O2S/c1-12(20(29)25-15-9-13(23)8-14(24)10-15)28-18(11-27(2)3)26-21-19(22(28)30)16-6-4-5-7-17(16)31-21/h8-10,12H,4-7,11H2,1-3H3,(H,25,29). The summed E-state index contributed by atoms with van der Waals surface area (Å²) in [5, 5.41) is 4.35. The first-order valence-corrected chi connectivity index (χ1v) is 11.8. The lowest BCUT2D eigenvalue weighted by Crippen LogP contribution is -2.36. The maximum atomic E-state index is 13.7. The molecule has 1 amide bonds. The van der Waals surface area contributed by atoms with E-state index < -0.39 is 6.04 Å². The molecule has 0 bridgehead atoms. The van der Waals surface area contributed by atoms with Crippen LogP contribution in [0, 0.1) is 0 Å². The van der Waals surface area contributed by atoms with E-state index in [0.29, 0.717) is 33.5 Å². The highest BCUT2D eigenvalue weighted by molar-refractivity contribution is 7.18. The number of thiophene rings is 1. The maximum absolute atomic E-state index is 13.7. The first kappa shape index (κ1) is 22.3. The van der Waals surface area contributed by atoms with E-state index in [9.17, 15) is 9.59 Å². The van der Waals surface area contributed by atoms with Crippen LogP contribution in [0.4, 0.5) is 5.69 Å². The van der Waals surface area contributed by atoms with Gasteiger partial charge < -0.3 is 10.2 Å². The van der Waals surface area contributed by atoms with Crippen molar-refractivity contribution < 1.29 is 4.79 Å². The number of hydrogen-bond donors (Lipinski definition) is 1. The van der Waals surface area contributed by atoms with Crippen LogP contribution < -0.4 is 10.9 Å². The molecule has 1 aromatic carbocycles. The van der Waals surface area contributed by atoms with Crippen molar-refractivity contribution in [1.29, 1.82) is 0 Å². The van der Waals surface area contributed by atoms with Gasteiger partial charge in [0, 0.05) is 20.6 Å². The van der Waals surface area contributed by atoms with E-state index >= 15 is 0 Å². The summed E-state index contributed by atoms with van der Waals surface area (Å²) in [6.07, 6.45) is 4.09. The number of aromatic nitrogens is 2. The Labute approximate surface area is 194 Å². The SMILES string of the molecule is CC(C(=O)Nc1cc(Cl)cc(Cl)c1)n1c(CN(C)C)nc2sc3c(c2c1=O)CCCC3. The number of halogens is 2. The van der Waals surface area contributed by atoms with Crippen LogP contribution in [0.2, 0.25) is 10.0 Å². The second-order valence-electron chi connectivity index (χ2n) is 8.16. The van der Waals surface area contributed by atoms with Gasteiger partial charge in [-0.05, 0) is 70.5 Å². The monoisotopic (exact) mass is 478 g/mol. The molecule has 0 spiro atoms. The summed E-state index contributed by atoms with van der Waals surface area (Å²) in [6, 6.07) is 4.09. The van der Waals surface area contributed by atoms with Crippen LogP contribution in [0.15, 0.2) is 23.0 Å². The summed E-state index contributed by atoms with van der Waals surface area (Å²) in [5.74, 6) is 0.249. The van der Waals surface area contributed by atoms with Crippen molar-refractivity contribution in [3.8, 4) is 0 Å². The maximum Gasteiger partial charge on any atom is 0.263 e. The summed E-state index contributed by atoms with van der Waals surface area (Å²) >= 11 is 13.7. The molecule has 1 atom stereocenters. The predicted octanol–water partition coefficient (Wildman–Crippen LogP) is 4.90. The topological polar surface area (TPSA) is 67.2 Å². The molecule has 0 fully saturated rings. The minimum absolute atomic E-state index is 0.145. The van der Waals surface area contributed by atoms with E-state index in [2.05, 4.69) is 5.32 Å². The lowest BCUT2D eigenvalue weighted by atomic mass is 9.97. The Hall–Kier alpha value is -1.93. The zero-order chi connectivity index (χ0) is 22.3. The van der Waals surface area contributed by atoms with Crippen LogP contribution in [0.5, 0.6) is 0 Å². The van der Waals surface area contributed by atoms with Gasteiger partial charge in [-0.2, -0.15) is 0 Å². The van der Waals surface area contributed by atoms with Gasteiger partial charge in [0.2, 0.25) is 5.91 Å². The lowest BCUT2D eigenvalue weighted by molar-refractivity contribution is -0.119. The second kappa shape index (κ2) is 8.90. The van der Waals surface area contributed by atoms with Crippen molar-refractivity contribution in [3.63, 3.8) is 0 Å². The molecule has 3 aromatic rings. The molecular formula is C22H24Cl2N4O2S. The molecule has 9 heteroatoms. The van der Waals surface area contributed by atoms with Gasteiger partial charge in [-0.15, -0.1) is 11.3 Å². The number of anilines is 1. The molecule has 1 aliphatic rings. The Kier molecular flexibility index (Phi) is 6.40. The van der Waals surface area contributed by atoms with Crippen LogP contribution in [-0.4, -0.2) is 34.5 Å². The summed E-state index contributed by atoms with van der Waals surface area (Å²) < 4.78 is 1.53. The Morgan fingerprint density at radius 2 is 1.90 bits per heavy atom. The lowest BCUT2D eigenvalue weighted by Gasteiger charge is -2.21. The largest absolute Gasteiger partial charge is 0.324 e. The molecule has 6 nitrogen and oxygen atoms in total. The zero-order valence-electron chi connectivity index (χ0n) is 17.7. The molecule has 164 valence electrons. The van der Waals surface area contributed by atoms with E-state index in [-0.39, 0.29) is 11.5 Å². The van der Waals surface area contributed by atoms with Crippen molar-refractivity contribution in [1.82, 2.24) is 14.5 Å². The van der Waals surface area contributed by atoms with Gasteiger partial charge in [0.1, 0.15) is 16.7 Å².